The van der Waals surface area contributed by atoms with Gasteiger partial charge in [-0.1, -0.05) is 0 Å². The highest BCUT2D eigenvalue weighted by atomic mass is 31.1. The molecule has 4 nitrogen and oxygen atoms in total. The average molecular weight is 150 g/mol. The number of rotatable bonds is 3. The maximum atomic E-state index is 10.0. The van der Waals surface area contributed by atoms with Crippen molar-refractivity contribution in [2.45, 2.75) is 0 Å². The summed E-state index contributed by atoms with van der Waals surface area (Å²) in [4.78, 5) is 19.9. The van der Waals surface area contributed by atoms with E-state index >= 15 is 0 Å². The van der Waals surface area contributed by atoms with Crippen molar-refractivity contribution in [2.24, 2.45) is 0 Å². The molecule has 1 unspecified atom stereocenters. The number of hydrogen-bond donors (Lipinski definition) is 2. The highest BCUT2D eigenvalue weighted by molar-refractivity contribution is 7.74. The van der Waals surface area contributed by atoms with E-state index in [0.717, 1.165) is 0 Å². The zero-order chi connectivity index (χ0) is 7.44. The Morgan fingerprint density at radius 3 is 2.00 bits per heavy atom. The number of carbonyl (C=O) groups is 2. The first kappa shape index (κ1) is 8.37. The molecule has 0 fully saturated rings. The van der Waals surface area contributed by atoms with Crippen LogP contribution in [0, 0.1) is 0 Å². The summed E-state index contributed by atoms with van der Waals surface area (Å²) in [5.41, 5.74) is -1.01. The first-order valence-corrected chi connectivity index (χ1v) is 4.17. The Kier molecular flexibility index (Phi) is 3.17. The van der Waals surface area contributed by atoms with E-state index in [9.17, 15) is 9.59 Å². The second kappa shape index (κ2) is 3.41. The van der Waals surface area contributed by atoms with Gasteiger partial charge in [0.25, 0.3) is 0 Å². The summed E-state index contributed by atoms with van der Waals surface area (Å²) in [7, 11) is -1.36. The fourth-order valence-electron chi connectivity index (χ4n) is 0.271. The van der Waals surface area contributed by atoms with Crippen LogP contribution in [-0.4, -0.2) is 34.7 Å². The molecule has 0 aromatic carbocycles. The average Bonchev–Trinajstić information content (AvgIpc) is 1.63. The number of aliphatic carboxylic acids is 1. The molecule has 0 heterocycles. The van der Waals surface area contributed by atoms with Crippen LogP contribution in [0.2, 0.25) is 0 Å². The first-order valence-electron chi connectivity index (χ1n) is 2.20. The van der Waals surface area contributed by atoms with Crippen LogP contribution in [0.3, 0.4) is 0 Å². The zero-order valence-corrected chi connectivity index (χ0v) is 5.76. The molecule has 0 radical (unpaired) electrons. The summed E-state index contributed by atoms with van der Waals surface area (Å²) in [5, 5.41) is 16.3. The highest BCUT2D eigenvalue weighted by Gasteiger charge is 2.13. The van der Waals surface area contributed by atoms with Crippen LogP contribution in [0.5, 0.6) is 0 Å². The minimum absolute atomic E-state index is 0.245. The van der Waals surface area contributed by atoms with Gasteiger partial charge in [-0.2, -0.15) is 0 Å². The maximum Gasteiger partial charge on any atom is 0.323 e. The van der Waals surface area contributed by atoms with Crippen molar-refractivity contribution in [1.29, 1.82) is 0 Å². The zero-order valence-electron chi connectivity index (χ0n) is 4.87. The molecule has 0 amide bonds. The lowest BCUT2D eigenvalue weighted by molar-refractivity contribution is -0.134. The van der Waals surface area contributed by atoms with Crippen molar-refractivity contribution in [3.05, 3.63) is 0 Å². The monoisotopic (exact) mass is 150 g/mol. The molecule has 0 aromatic heterocycles. The Hall–Kier alpha value is -0.630. The molecule has 1 atom stereocenters. The van der Waals surface area contributed by atoms with Gasteiger partial charge >= 0.3 is 11.7 Å². The second-order valence-electron chi connectivity index (χ2n) is 1.53. The Morgan fingerprint density at radius 2 is 1.89 bits per heavy atom. The summed E-state index contributed by atoms with van der Waals surface area (Å²) in [6.07, 6.45) is -0.245. The van der Waals surface area contributed by atoms with Crippen molar-refractivity contribution in [3.63, 3.8) is 0 Å². The Morgan fingerprint density at radius 1 is 1.44 bits per heavy atom. The molecule has 2 N–H and O–H groups in total. The van der Waals surface area contributed by atoms with Crippen LogP contribution in [0.15, 0.2) is 0 Å². The fraction of sp³-hybridized carbons (Fsp3) is 0.500. The molecular weight excluding hydrogens is 143 g/mol. The minimum Gasteiger partial charge on any atom is -0.481 e. The van der Waals surface area contributed by atoms with Crippen molar-refractivity contribution in [1.82, 2.24) is 0 Å². The van der Waals surface area contributed by atoms with E-state index in [4.69, 9.17) is 10.2 Å². The van der Waals surface area contributed by atoms with Crippen LogP contribution in [0.4, 0.5) is 4.79 Å². The van der Waals surface area contributed by atoms with Gasteiger partial charge in [0, 0.05) is 7.92 Å². The van der Waals surface area contributed by atoms with Crippen molar-refractivity contribution < 1.29 is 19.8 Å². The number of carboxylic acids is 1. The molecule has 0 rings (SSSR count). The number of hydrogen-bond acceptors (Lipinski definition) is 2. The van der Waals surface area contributed by atoms with E-state index in [2.05, 4.69) is 0 Å². The summed E-state index contributed by atoms with van der Waals surface area (Å²) >= 11 is 0. The normalized spacial score (nSPS) is 12.6. The molecule has 52 valence electrons. The van der Waals surface area contributed by atoms with Gasteiger partial charge < -0.3 is 10.2 Å². The van der Waals surface area contributed by atoms with Gasteiger partial charge in [0.1, 0.15) is 0 Å². The van der Waals surface area contributed by atoms with Crippen LogP contribution in [-0.2, 0) is 4.79 Å². The minimum atomic E-state index is -1.36. The van der Waals surface area contributed by atoms with Crippen molar-refractivity contribution in [3.8, 4) is 0 Å². The summed E-state index contributed by atoms with van der Waals surface area (Å²) < 4.78 is 0. The van der Waals surface area contributed by atoms with Crippen molar-refractivity contribution >= 4 is 19.6 Å². The molecule has 0 spiro atoms. The second-order valence-corrected chi connectivity index (χ2v) is 3.63. The predicted molar refractivity (Wildman–Crippen MR) is 33.4 cm³/mol. The lowest BCUT2D eigenvalue weighted by atomic mass is 10.8. The third-order valence-corrected chi connectivity index (χ3v) is 2.10. The lowest BCUT2D eigenvalue weighted by Gasteiger charge is -1.99. The number of carboxylic acid groups (broad SMARTS) is 2. The Bertz CT molecular complexity index is 133. The summed E-state index contributed by atoms with van der Waals surface area (Å²) in [5.74, 6) is -1.05. The van der Waals surface area contributed by atoms with E-state index in [1.807, 2.05) is 0 Å². The fourth-order valence-corrected chi connectivity index (χ4v) is 0.812. The standard InChI is InChI=1S/C4H7O4P/c1-9(4(7)8)2-3(5)6/h2H2,1H3,(H,5,6)(H,7,8). The third-order valence-electron chi connectivity index (χ3n) is 0.699. The third kappa shape index (κ3) is 3.91. The van der Waals surface area contributed by atoms with E-state index in [-0.39, 0.29) is 6.16 Å². The van der Waals surface area contributed by atoms with E-state index in [1.165, 1.54) is 6.66 Å². The maximum absolute atomic E-state index is 10.0. The molecule has 0 aliphatic heterocycles. The molecule has 0 aliphatic carbocycles. The molecule has 5 heteroatoms. The highest BCUT2D eigenvalue weighted by Crippen LogP contribution is 2.29. The van der Waals surface area contributed by atoms with Crippen LogP contribution >= 0.6 is 7.92 Å². The molecule has 0 aliphatic rings. The lowest BCUT2D eigenvalue weighted by Crippen LogP contribution is -2.04. The first-order chi connectivity index (χ1) is 4.04. The molecule has 0 aromatic rings. The SMILES string of the molecule is CP(CC(=O)O)C(=O)O. The van der Waals surface area contributed by atoms with Crippen LogP contribution in [0.1, 0.15) is 0 Å². The molecule has 9 heavy (non-hydrogen) atoms. The molecule has 0 saturated carbocycles. The van der Waals surface area contributed by atoms with Crippen molar-refractivity contribution in [2.75, 3.05) is 12.8 Å². The van der Waals surface area contributed by atoms with Crippen LogP contribution in [0.25, 0.3) is 0 Å². The van der Waals surface area contributed by atoms with E-state index in [0.29, 0.717) is 0 Å². The van der Waals surface area contributed by atoms with Gasteiger partial charge in [-0.25, -0.2) is 4.79 Å². The van der Waals surface area contributed by atoms with Crippen LogP contribution < -0.4 is 0 Å². The Balaban J connectivity index is 3.63. The van der Waals surface area contributed by atoms with E-state index in [1.54, 1.807) is 0 Å². The summed E-state index contributed by atoms with van der Waals surface area (Å²) in [6, 6.07) is 0. The smallest absolute Gasteiger partial charge is 0.323 e. The molecule has 0 saturated heterocycles. The largest absolute Gasteiger partial charge is 0.481 e. The van der Waals surface area contributed by atoms with Gasteiger partial charge in [-0.3, -0.25) is 4.79 Å². The van der Waals surface area contributed by atoms with Gasteiger partial charge in [0.05, 0.1) is 6.16 Å². The molecular formula is C4H7O4P. The quantitative estimate of drug-likeness (QED) is 0.585. The predicted octanol–water partition coefficient (Wildman–Crippen LogP) is 0.861. The topological polar surface area (TPSA) is 74.6 Å². The Labute approximate surface area is 53.2 Å². The summed E-state index contributed by atoms with van der Waals surface area (Å²) in [6.45, 7) is 1.42. The van der Waals surface area contributed by atoms with E-state index < -0.39 is 19.6 Å². The van der Waals surface area contributed by atoms with Gasteiger partial charge in [-0.15, -0.1) is 0 Å². The molecule has 0 bridgehead atoms. The van der Waals surface area contributed by atoms with Gasteiger partial charge in [0.2, 0.25) is 0 Å². The van der Waals surface area contributed by atoms with Gasteiger partial charge in [-0.05, 0) is 6.66 Å². The van der Waals surface area contributed by atoms with Gasteiger partial charge in [0.15, 0.2) is 0 Å².